The molecule has 5 rings (SSSR count). The molecule has 0 spiro atoms. The molecule has 160 valence electrons. The molecule has 0 bridgehead atoms. The third-order valence-corrected chi connectivity index (χ3v) is 4.69. The molecule has 2 saturated carbocycles. The number of nitrogens with one attached hydrogen (secondary N) is 1. The molecular weight excluding hydrogens is 440 g/mol. The van der Waals surface area contributed by atoms with Gasteiger partial charge in [0.25, 0.3) is 0 Å². The number of carbonyl (C=O) groups excluding carboxylic acids is 1. The molecule has 0 aliphatic heterocycles. The minimum atomic E-state index is -0.212. The summed E-state index contributed by atoms with van der Waals surface area (Å²) in [7, 11) is 0. The second kappa shape index (κ2) is 12.7. The van der Waals surface area contributed by atoms with Crippen molar-refractivity contribution in [3.63, 3.8) is 0 Å². The molecular formula is C27H22FeN2O2. The van der Waals surface area contributed by atoms with E-state index in [1.54, 1.807) is 19.0 Å². The maximum atomic E-state index is 12.7. The van der Waals surface area contributed by atoms with Crippen LogP contribution in [0.1, 0.15) is 5.56 Å². The van der Waals surface area contributed by atoms with Crippen molar-refractivity contribution in [2.45, 2.75) is 6.61 Å². The number of nitrogens with zero attached hydrogens (tertiary/aromatic N) is 1. The predicted molar refractivity (Wildman–Crippen MR) is 122 cm³/mol. The fraction of sp³-hybridized carbons (Fsp3) is 0.0370. The largest absolute Gasteiger partial charge is 0.366 e. The van der Waals surface area contributed by atoms with Gasteiger partial charge in [0.15, 0.2) is 0 Å². The molecule has 4 nitrogen and oxygen atoms in total. The van der Waals surface area contributed by atoms with Crippen LogP contribution in [0, 0.1) is 63.4 Å². The predicted octanol–water partition coefficient (Wildman–Crippen LogP) is 5.14. The van der Waals surface area contributed by atoms with E-state index in [1.165, 1.54) is 0 Å². The van der Waals surface area contributed by atoms with Crippen LogP contribution in [-0.2, 0) is 33.2 Å². The quantitative estimate of drug-likeness (QED) is 0.535. The first-order valence-electron chi connectivity index (χ1n) is 10.1. The number of anilines is 1. The molecule has 2 aliphatic carbocycles. The van der Waals surface area contributed by atoms with Gasteiger partial charge in [-0.1, -0.05) is 48.5 Å². The Morgan fingerprint density at radius 1 is 0.812 bits per heavy atom. The molecule has 0 unspecified atom stereocenters. The van der Waals surface area contributed by atoms with Gasteiger partial charge >= 0.3 is 0 Å². The Hall–Kier alpha value is -2.20. The van der Waals surface area contributed by atoms with Gasteiger partial charge in [-0.25, -0.2) is 0 Å². The number of ether oxygens (including phenoxy) is 1. The van der Waals surface area contributed by atoms with Crippen LogP contribution >= 0.6 is 0 Å². The van der Waals surface area contributed by atoms with Crippen molar-refractivity contribution in [3.8, 4) is 0 Å². The summed E-state index contributed by atoms with van der Waals surface area (Å²) in [6.07, 6.45) is 17.7. The van der Waals surface area contributed by atoms with E-state index in [2.05, 4.69) is 10.3 Å². The molecule has 2 aromatic carbocycles. The fourth-order valence-electron chi connectivity index (χ4n) is 3.17. The van der Waals surface area contributed by atoms with E-state index < -0.39 is 0 Å². The molecule has 0 atom stereocenters. The van der Waals surface area contributed by atoms with Gasteiger partial charge in [-0.3, -0.25) is 9.78 Å². The van der Waals surface area contributed by atoms with Gasteiger partial charge in [-0.2, -0.15) is 0 Å². The van der Waals surface area contributed by atoms with Crippen molar-refractivity contribution in [2.75, 3.05) is 5.32 Å². The summed E-state index contributed by atoms with van der Waals surface area (Å²) in [5, 5.41) is 3.92. The first-order valence-corrected chi connectivity index (χ1v) is 10.1. The summed E-state index contributed by atoms with van der Waals surface area (Å²) in [6, 6.07) is 19.4. The van der Waals surface area contributed by atoms with Crippen LogP contribution in [0.4, 0.5) is 5.69 Å². The van der Waals surface area contributed by atoms with Gasteiger partial charge in [-0.15, -0.1) is 0 Å². The van der Waals surface area contributed by atoms with Crippen molar-refractivity contribution in [2.24, 2.45) is 0 Å². The molecule has 1 heterocycles. The van der Waals surface area contributed by atoms with Crippen LogP contribution in [0.25, 0.3) is 10.9 Å². The Morgan fingerprint density at radius 2 is 1.53 bits per heavy atom. The van der Waals surface area contributed by atoms with E-state index in [1.807, 2.05) is 99.2 Å². The average Bonchev–Trinajstić information content (AvgIpc) is 3.54. The number of carbonyl (C=O) groups is 1. The Kier molecular flexibility index (Phi) is 9.73. The third kappa shape index (κ3) is 6.65. The fourth-order valence-corrected chi connectivity index (χ4v) is 3.17. The number of fused-ring (bicyclic) bond motifs is 1. The molecule has 10 radical (unpaired) electrons. The number of pyridine rings is 1. The zero-order chi connectivity index (χ0) is 21.3. The van der Waals surface area contributed by atoms with Crippen LogP contribution in [0.5, 0.6) is 0 Å². The second-order valence-corrected chi connectivity index (χ2v) is 6.88. The van der Waals surface area contributed by atoms with E-state index >= 15 is 0 Å². The molecule has 32 heavy (non-hydrogen) atoms. The molecule has 1 N–H and O–H groups in total. The van der Waals surface area contributed by atoms with Gasteiger partial charge in [0.1, 0.15) is 12.0 Å². The Morgan fingerprint density at radius 3 is 2.28 bits per heavy atom. The molecule has 0 saturated heterocycles. The van der Waals surface area contributed by atoms with Gasteiger partial charge in [-0.05, 0) is 62.6 Å². The zero-order valence-corrected chi connectivity index (χ0v) is 18.4. The number of amides is 1. The molecule has 1 amide bonds. The number of benzene rings is 2. The molecule has 3 aromatic rings. The number of aromatic nitrogens is 1. The van der Waals surface area contributed by atoms with E-state index in [0.717, 1.165) is 16.5 Å². The zero-order valence-electron chi connectivity index (χ0n) is 17.3. The third-order valence-electron chi connectivity index (χ3n) is 4.69. The van der Waals surface area contributed by atoms with E-state index in [-0.39, 0.29) is 23.0 Å². The second-order valence-electron chi connectivity index (χ2n) is 6.88. The minimum absolute atomic E-state index is 0. The smallest absolute Gasteiger partial charge is 0.235 e. The molecule has 5 heteroatoms. The van der Waals surface area contributed by atoms with Crippen LogP contribution in [0.15, 0.2) is 66.9 Å². The van der Waals surface area contributed by atoms with E-state index in [9.17, 15) is 4.79 Å². The molecule has 2 fully saturated rings. The summed E-state index contributed by atoms with van der Waals surface area (Å²) < 4.78 is 5.83. The SMILES string of the molecule is O=C(Nc1cccc2cccnc12)[C]1[CH][CH][CH][C]1OCc1ccccc1.[CH]1[CH][CH][CH][CH]1.[Fe]. The van der Waals surface area contributed by atoms with Crippen LogP contribution in [-0.4, -0.2) is 10.9 Å². The summed E-state index contributed by atoms with van der Waals surface area (Å²) in [6.45, 7) is 0.418. The number of rotatable bonds is 5. The minimum Gasteiger partial charge on any atom is -0.366 e. The van der Waals surface area contributed by atoms with Gasteiger partial charge in [0.05, 0.1) is 17.8 Å². The van der Waals surface area contributed by atoms with Crippen LogP contribution < -0.4 is 5.32 Å². The standard InChI is InChI=1S/C22H17N2O2.C5H5.Fe/c25-22(24-19-12-4-9-17-10-6-14-23-21(17)19)18-11-5-13-20(18)26-15-16-7-2-1-3-8-16;1-2-4-5-3-1;/h1-14H,15H2,(H,24,25);1-5H;. The van der Waals surface area contributed by atoms with Crippen molar-refractivity contribution in [1.29, 1.82) is 0 Å². The van der Waals surface area contributed by atoms with E-state index in [4.69, 9.17) is 4.74 Å². The van der Waals surface area contributed by atoms with Crippen molar-refractivity contribution in [3.05, 3.63) is 136 Å². The topological polar surface area (TPSA) is 51.2 Å². The Labute approximate surface area is 201 Å². The number of hydrogen-bond donors (Lipinski definition) is 1. The summed E-state index contributed by atoms with van der Waals surface area (Å²) in [5.41, 5.74) is 2.50. The van der Waals surface area contributed by atoms with Crippen LogP contribution in [0.2, 0.25) is 0 Å². The summed E-state index contributed by atoms with van der Waals surface area (Å²) in [5.74, 6) is 0.296. The first-order chi connectivity index (χ1) is 15.3. The van der Waals surface area contributed by atoms with Crippen molar-refractivity contribution < 1.29 is 26.6 Å². The van der Waals surface area contributed by atoms with Gasteiger partial charge < -0.3 is 10.1 Å². The van der Waals surface area contributed by atoms with Gasteiger partial charge in [0, 0.05) is 35.1 Å². The molecule has 2 aliphatic rings. The van der Waals surface area contributed by atoms with E-state index in [0.29, 0.717) is 24.3 Å². The maximum absolute atomic E-state index is 12.7. The normalized spacial score (nSPS) is 16.2. The Bertz CT molecular complexity index is 963. The average molecular weight is 462 g/mol. The van der Waals surface area contributed by atoms with Crippen LogP contribution in [0.3, 0.4) is 0 Å². The van der Waals surface area contributed by atoms with Crippen molar-refractivity contribution in [1.82, 2.24) is 4.98 Å². The number of para-hydroxylation sites is 1. The maximum Gasteiger partial charge on any atom is 0.235 e. The first kappa shape index (κ1) is 24.4. The summed E-state index contributed by atoms with van der Waals surface area (Å²) >= 11 is 0. The van der Waals surface area contributed by atoms with Crippen molar-refractivity contribution >= 4 is 22.5 Å². The number of hydrogen-bond acceptors (Lipinski definition) is 3. The molecule has 1 aromatic heterocycles. The Balaban J connectivity index is 0.000000427. The van der Waals surface area contributed by atoms with Gasteiger partial charge in [0.2, 0.25) is 5.91 Å². The monoisotopic (exact) mass is 462 g/mol. The summed E-state index contributed by atoms with van der Waals surface area (Å²) in [4.78, 5) is 17.1.